The molecule has 83 heavy (non-hydrogen) atoms. The highest BCUT2D eigenvalue weighted by Crippen LogP contribution is 2.26. The molecule has 0 aromatic carbocycles. The largest absolute Gasteiger partial charge is 0.479 e. The van der Waals surface area contributed by atoms with Crippen molar-refractivity contribution in [3.8, 4) is 0 Å². The summed E-state index contributed by atoms with van der Waals surface area (Å²) in [5, 5.41) is 31.6. The van der Waals surface area contributed by atoms with Crippen LogP contribution < -0.4 is 0 Å². The molecular weight excluding hydrogens is 1040 g/mol. The number of carboxylic acids is 1. The molecule has 1 aliphatic rings. The van der Waals surface area contributed by atoms with Crippen LogP contribution in [0.5, 0.6) is 0 Å². The summed E-state index contributed by atoms with van der Waals surface area (Å²) in [6, 6.07) is 0. The van der Waals surface area contributed by atoms with Gasteiger partial charge in [0.2, 0.25) is 0 Å². The second-order valence-electron chi connectivity index (χ2n) is 21.7. The summed E-state index contributed by atoms with van der Waals surface area (Å²) in [7, 11) is 0. The normalized spacial score (nSPS) is 18.4. The molecule has 1 rings (SSSR count). The van der Waals surface area contributed by atoms with E-state index in [4.69, 9.17) is 23.7 Å². The molecule has 470 valence electrons. The Hall–Kier alpha value is -4.88. The second kappa shape index (κ2) is 57.5. The zero-order valence-electron chi connectivity index (χ0n) is 51.9. The maximum absolute atomic E-state index is 13.2. The highest BCUT2D eigenvalue weighted by Gasteiger charge is 2.50. The van der Waals surface area contributed by atoms with E-state index in [1.54, 1.807) is 0 Å². The Labute approximate surface area is 503 Å². The number of aliphatic hydroxyl groups excluding tert-OH is 2. The van der Waals surface area contributed by atoms with Crippen molar-refractivity contribution in [2.24, 2.45) is 0 Å². The Bertz CT molecular complexity index is 1900. The molecule has 12 heteroatoms. The number of carbonyl (C=O) groups is 4. The molecule has 1 saturated heterocycles. The van der Waals surface area contributed by atoms with Gasteiger partial charge < -0.3 is 39.0 Å². The van der Waals surface area contributed by atoms with E-state index in [9.17, 15) is 34.5 Å². The van der Waals surface area contributed by atoms with Gasteiger partial charge in [-0.3, -0.25) is 14.4 Å². The standard InChI is InChI=1S/C71H114O12/c1-4-7-10-13-16-19-22-25-28-30-32-34-37-39-42-45-48-51-54-57-63(72)79-60-62(81-64(73)58-55-52-49-46-43-40-36-27-24-21-18-15-12-9-6-3)61-80-71-69(67(76)66(75)68(83-71)70(77)78)82-65(74)59-56-53-50-47-44-41-38-35-33-31-29-26-23-20-17-14-11-8-5-2/h9,12,16-21,25-29,32-36,43,46,62,66-69,71,75-76H,4-8,10-11,13-15,22-24,30-31,37-42,44-45,47-61H2,1-3H3,(H,77,78)/b12-9-,19-16-,20-17-,21-18-,28-25-,29-26-,34-32-,35-33-,36-27-,46-43-. The summed E-state index contributed by atoms with van der Waals surface area (Å²) in [6.07, 6.45) is 67.2. The zero-order valence-corrected chi connectivity index (χ0v) is 51.9. The van der Waals surface area contributed by atoms with Gasteiger partial charge in [-0.25, -0.2) is 4.79 Å². The molecule has 0 bridgehead atoms. The maximum Gasteiger partial charge on any atom is 0.335 e. The lowest BCUT2D eigenvalue weighted by Gasteiger charge is -2.40. The Kier molecular flexibility index (Phi) is 52.8. The smallest absolute Gasteiger partial charge is 0.335 e. The SMILES string of the molecule is CC/C=C\C/C=C\C/C=C\C/C=C\CCCCC(=O)OC(COC(=O)CCCCCCCC/C=C\C/C=C\C/C=C\CCCCC)COC1OC(C(=O)O)C(O)C(O)C1OC(=O)CCCCCCCC/C=C\C/C=C\C/C=C\CCCCC. The molecular formula is C71H114O12. The van der Waals surface area contributed by atoms with Crippen LogP contribution >= 0.6 is 0 Å². The minimum Gasteiger partial charge on any atom is -0.479 e. The van der Waals surface area contributed by atoms with Crippen LogP contribution in [0.1, 0.15) is 252 Å². The number of hydrogen-bond donors (Lipinski definition) is 3. The van der Waals surface area contributed by atoms with Crippen LogP contribution in [0.15, 0.2) is 122 Å². The average molecular weight is 1160 g/mol. The number of hydrogen-bond acceptors (Lipinski definition) is 11. The van der Waals surface area contributed by atoms with Gasteiger partial charge in [-0.05, 0) is 135 Å². The Morgan fingerprint density at radius 1 is 0.410 bits per heavy atom. The Morgan fingerprint density at radius 3 is 1.18 bits per heavy atom. The van der Waals surface area contributed by atoms with Crippen molar-refractivity contribution < 1.29 is 58.2 Å². The topological polar surface area (TPSA) is 175 Å². The summed E-state index contributed by atoms with van der Waals surface area (Å²) >= 11 is 0. The van der Waals surface area contributed by atoms with Crippen LogP contribution in [0.25, 0.3) is 0 Å². The lowest BCUT2D eigenvalue weighted by molar-refractivity contribution is -0.301. The molecule has 0 aromatic heterocycles. The quantitative estimate of drug-likeness (QED) is 0.0228. The molecule has 0 spiro atoms. The third-order valence-corrected chi connectivity index (χ3v) is 14.0. The number of ether oxygens (including phenoxy) is 5. The van der Waals surface area contributed by atoms with Crippen LogP contribution in [-0.4, -0.2) is 89.2 Å². The number of allylic oxidation sites excluding steroid dienone is 20. The van der Waals surface area contributed by atoms with Crippen LogP contribution in [0.4, 0.5) is 0 Å². The van der Waals surface area contributed by atoms with E-state index < -0.39 is 67.3 Å². The van der Waals surface area contributed by atoms with Gasteiger partial charge in [0.05, 0.1) is 6.61 Å². The van der Waals surface area contributed by atoms with E-state index in [1.165, 1.54) is 44.9 Å². The molecule has 1 heterocycles. The number of carbonyl (C=O) groups excluding carboxylic acids is 3. The van der Waals surface area contributed by atoms with Crippen molar-refractivity contribution in [2.75, 3.05) is 13.2 Å². The summed E-state index contributed by atoms with van der Waals surface area (Å²) in [4.78, 5) is 51.3. The van der Waals surface area contributed by atoms with Crippen molar-refractivity contribution in [1.29, 1.82) is 0 Å². The highest BCUT2D eigenvalue weighted by atomic mass is 16.7. The van der Waals surface area contributed by atoms with Crippen molar-refractivity contribution in [3.05, 3.63) is 122 Å². The summed E-state index contributed by atoms with van der Waals surface area (Å²) < 4.78 is 28.5. The Morgan fingerprint density at radius 2 is 0.759 bits per heavy atom. The molecule has 6 unspecified atom stereocenters. The highest BCUT2D eigenvalue weighted by molar-refractivity contribution is 5.74. The van der Waals surface area contributed by atoms with Crippen LogP contribution in [0, 0.1) is 0 Å². The predicted molar refractivity (Wildman–Crippen MR) is 340 cm³/mol. The minimum atomic E-state index is -1.92. The van der Waals surface area contributed by atoms with E-state index in [0.29, 0.717) is 19.3 Å². The van der Waals surface area contributed by atoms with Gasteiger partial charge in [0.15, 0.2) is 24.6 Å². The van der Waals surface area contributed by atoms with Gasteiger partial charge in [-0.1, -0.05) is 219 Å². The number of rotatable bonds is 54. The summed E-state index contributed by atoms with van der Waals surface area (Å²) in [5.74, 6) is -3.22. The first-order valence-electron chi connectivity index (χ1n) is 32.5. The minimum absolute atomic E-state index is 0.0333. The van der Waals surface area contributed by atoms with Gasteiger partial charge in [0.1, 0.15) is 18.8 Å². The summed E-state index contributed by atoms with van der Waals surface area (Å²) in [6.45, 7) is 5.78. The van der Waals surface area contributed by atoms with Gasteiger partial charge in [0, 0.05) is 19.3 Å². The van der Waals surface area contributed by atoms with Gasteiger partial charge in [0.25, 0.3) is 0 Å². The van der Waals surface area contributed by atoms with Crippen LogP contribution in [0.2, 0.25) is 0 Å². The molecule has 0 aliphatic carbocycles. The van der Waals surface area contributed by atoms with Crippen molar-refractivity contribution in [1.82, 2.24) is 0 Å². The third kappa shape index (κ3) is 47.1. The predicted octanol–water partition coefficient (Wildman–Crippen LogP) is 17.6. The maximum atomic E-state index is 13.2. The molecule has 1 aliphatic heterocycles. The lowest BCUT2D eigenvalue weighted by atomic mass is 9.98. The first-order valence-corrected chi connectivity index (χ1v) is 32.5. The number of unbranched alkanes of at least 4 members (excludes halogenated alkanes) is 20. The van der Waals surface area contributed by atoms with E-state index >= 15 is 0 Å². The first kappa shape index (κ1) is 76.1. The van der Waals surface area contributed by atoms with Crippen molar-refractivity contribution >= 4 is 23.9 Å². The Balaban J connectivity index is 2.70. The van der Waals surface area contributed by atoms with Gasteiger partial charge in [-0.2, -0.15) is 0 Å². The molecule has 0 saturated carbocycles. The number of carboxylic acid groups (broad SMARTS) is 1. The average Bonchev–Trinajstić information content (AvgIpc) is 3.60. The van der Waals surface area contributed by atoms with E-state index in [0.717, 1.165) is 148 Å². The monoisotopic (exact) mass is 1160 g/mol. The van der Waals surface area contributed by atoms with Crippen molar-refractivity contribution in [3.63, 3.8) is 0 Å². The molecule has 3 N–H and O–H groups in total. The third-order valence-electron chi connectivity index (χ3n) is 14.0. The molecule has 1 fully saturated rings. The van der Waals surface area contributed by atoms with E-state index in [-0.39, 0.29) is 25.9 Å². The fraction of sp³-hybridized carbons (Fsp3) is 0.662. The first-order chi connectivity index (χ1) is 40.6. The number of esters is 3. The summed E-state index contributed by atoms with van der Waals surface area (Å²) in [5.41, 5.74) is 0. The fourth-order valence-corrected chi connectivity index (χ4v) is 9.02. The molecule has 0 radical (unpaired) electrons. The van der Waals surface area contributed by atoms with Crippen molar-refractivity contribution in [2.45, 2.75) is 289 Å². The molecule has 12 nitrogen and oxygen atoms in total. The molecule has 0 amide bonds. The number of aliphatic carboxylic acids is 1. The second-order valence-corrected chi connectivity index (χ2v) is 21.7. The van der Waals surface area contributed by atoms with E-state index in [2.05, 4.69) is 142 Å². The van der Waals surface area contributed by atoms with Gasteiger partial charge >= 0.3 is 23.9 Å². The molecule has 6 atom stereocenters. The lowest BCUT2D eigenvalue weighted by Crippen LogP contribution is -2.61. The molecule has 0 aromatic rings. The van der Waals surface area contributed by atoms with Gasteiger partial charge in [-0.15, -0.1) is 0 Å². The van der Waals surface area contributed by atoms with Crippen LogP contribution in [0.3, 0.4) is 0 Å². The van der Waals surface area contributed by atoms with Crippen LogP contribution in [-0.2, 0) is 42.9 Å². The fourth-order valence-electron chi connectivity index (χ4n) is 9.02. The van der Waals surface area contributed by atoms with E-state index in [1.807, 2.05) is 0 Å². The zero-order chi connectivity index (χ0) is 60.3. The number of aliphatic hydroxyl groups is 2.